The molecule has 10 aliphatic rings. The van der Waals surface area contributed by atoms with Gasteiger partial charge in [-0.25, -0.2) is 0 Å². The molecule has 1 unspecified atom stereocenters. The molecule has 53 nitrogen and oxygen atoms in total. The Morgan fingerprint density at radius 1 is 0.265 bits per heavy atom. The molecular weight excluding hydrogens is 1610 g/mol. The Morgan fingerprint density at radius 2 is 0.564 bits per heavy atom. The Morgan fingerprint density at radius 3 is 1.01 bits per heavy atom. The molecule has 10 rings (SSSR count). The summed E-state index contributed by atoms with van der Waals surface area (Å²) < 4.78 is 112. The predicted molar refractivity (Wildman–Crippen MR) is 353 cm³/mol. The molecule has 50 atom stereocenters. The fraction of sp³-hybridized carbons (Fsp3) is 0.969. The zero-order chi connectivity index (χ0) is 85.9. The predicted octanol–water partition coefficient (Wildman–Crippen LogP) is -22.5. The minimum absolute atomic E-state index is 0.808. The van der Waals surface area contributed by atoms with Gasteiger partial charge in [0, 0.05) is 13.8 Å². The van der Waals surface area contributed by atoms with Gasteiger partial charge in [-0.2, -0.15) is 0 Å². The number of ether oxygens (including phenoxy) is 19. The van der Waals surface area contributed by atoms with E-state index in [1.165, 1.54) is 0 Å². The highest BCUT2D eigenvalue weighted by molar-refractivity contribution is 5.73. The van der Waals surface area contributed by atoms with Gasteiger partial charge in [0.2, 0.25) is 11.8 Å². The molecule has 0 aromatic rings. The zero-order valence-corrected chi connectivity index (χ0v) is 61.9. The first-order chi connectivity index (χ1) is 55.4. The molecule has 10 fully saturated rings. The molecule has 0 bridgehead atoms. The molecule has 0 spiro atoms. The lowest BCUT2D eigenvalue weighted by Gasteiger charge is -2.51. The standard InChI is InChI=1S/C64H108N2O51/c1-13(75)65-25-34(85)48(21(9-73)101-55(25)98)111-56-26(66-14(2)76)35(86)49(22(10-74)107-56)112-61-46(97)50(113-64-53(40(91)31(82)20(8-72)106-64)116-59-44(95)38(89)29(80)18(6-70)104-59)32(83)23(108-61)11-100-63-54(117-60-45(96)41(92)47(110-60)15(77)3-67)51(114-57-42(93)36(87)27(78)16(4-68)102-57)33(84)24(109-63)12-99-62-52(39(90)30(81)19(7-71)105-62)115-58-43(94)37(88)28(79)17(5-69)103-58/h15-64,67-74,77-98H,3-12H2,1-2H3,(H,65,75)(H,66,76)/t15-,16-,17-,18-,19-,20-,21-,22-,23-,24-,25-,26-,27-,28-,29-,30-,31-,32-,33-,34-,35-,36+,37+,38+,39+,40+,41-,42+,43+,44+,45-,46+,47+,48-,49-,50+,51+,52+,53+,54+,55?,56+,57-,58-,59-,60+,61+,62+,63+,64-/m1/s1. The molecule has 10 heterocycles. The van der Waals surface area contributed by atoms with Crippen molar-refractivity contribution < 1.29 is 253 Å². The first kappa shape index (κ1) is 96.2. The average molecular weight is 1720 g/mol. The molecule has 680 valence electrons. The van der Waals surface area contributed by atoms with Crippen molar-refractivity contribution in [3.63, 3.8) is 0 Å². The fourth-order valence-electron chi connectivity index (χ4n) is 15.0. The second-order valence-corrected chi connectivity index (χ2v) is 29.5. The molecule has 53 heteroatoms. The quantitative estimate of drug-likeness (QED) is 0.0306. The molecule has 10 saturated heterocycles. The number of carbonyl (C=O) groups excluding carboxylic acids is 2. The Hall–Kier alpha value is -3.02. The largest absolute Gasteiger partial charge is 0.394 e. The normalized spacial score (nSPS) is 51.0. The number of carbonyl (C=O) groups is 2. The van der Waals surface area contributed by atoms with Crippen LogP contribution in [0.5, 0.6) is 0 Å². The molecular formula is C64H108N2O51. The van der Waals surface area contributed by atoms with Crippen LogP contribution in [0.25, 0.3) is 0 Å². The third-order valence-electron chi connectivity index (χ3n) is 21.6. The number of aliphatic hydroxyl groups excluding tert-OH is 30. The van der Waals surface area contributed by atoms with Crippen LogP contribution in [0.2, 0.25) is 0 Å². The number of amides is 2. The molecule has 117 heavy (non-hydrogen) atoms. The van der Waals surface area contributed by atoms with E-state index in [4.69, 9.17) is 90.0 Å². The Balaban J connectivity index is 1.04. The van der Waals surface area contributed by atoms with Crippen LogP contribution in [-0.2, 0) is 99.6 Å². The van der Waals surface area contributed by atoms with Crippen molar-refractivity contribution in [3.05, 3.63) is 0 Å². The second-order valence-electron chi connectivity index (χ2n) is 29.5. The summed E-state index contributed by atoms with van der Waals surface area (Å²) in [5.41, 5.74) is 0. The molecule has 0 radical (unpaired) electrons. The molecule has 0 aliphatic carbocycles. The van der Waals surface area contributed by atoms with Crippen LogP contribution in [0.1, 0.15) is 13.8 Å². The maximum absolute atomic E-state index is 13.1. The van der Waals surface area contributed by atoms with Gasteiger partial charge in [0.25, 0.3) is 0 Å². The fourth-order valence-corrected chi connectivity index (χ4v) is 15.0. The van der Waals surface area contributed by atoms with E-state index >= 15 is 0 Å². The number of rotatable bonds is 31. The second kappa shape index (κ2) is 41.9. The van der Waals surface area contributed by atoms with Crippen molar-refractivity contribution in [1.29, 1.82) is 0 Å². The number of hydrogen-bond acceptors (Lipinski definition) is 51. The van der Waals surface area contributed by atoms with Gasteiger partial charge in [0.15, 0.2) is 62.9 Å². The average Bonchev–Trinajstić information content (AvgIpc) is 1.26. The van der Waals surface area contributed by atoms with Crippen LogP contribution >= 0.6 is 0 Å². The molecule has 0 saturated carbocycles. The van der Waals surface area contributed by atoms with Crippen LogP contribution in [-0.4, -0.2) is 538 Å². The monoisotopic (exact) mass is 1720 g/mol. The van der Waals surface area contributed by atoms with Crippen LogP contribution < -0.4 is 10.6 Å². The summed E-state index contributed by atoms with van der Waals surface area (Å²) in [7, 11) is 0. The van der Waals surface area contributed by atoms with E-state index < -0.39 is 385 Å². The lowest BCUT2D eigenvalue weighted by Crippen LogP contribution is -2.70. The van der Waals surface area contributed by atoms with Crippen molar-refractivity contribution in [2.24, 2.45) is 0 Å². The van der Waals surface area contributed by atoms with E-state index in [0.29, 0.717) is 0 Å². The van der Waals surface area contributed by atoms with E-state index in [-0.39, 0.29) is 0 Å². The van der Waals surface area contributed by atoms with Crippen LogP contribution in [0, 0.1) is 0 Å². The van der Waals surface area contributed by atoms with Gasteiger partial charge in [0.1, 0.15) is 244 Å². The SMILES string of the molecule is CC(=O)N[C@H]1[C@H](O[C@H]2[C@H](O)[C@@H](NC(C)=O)C(O)O[C@@H]2CO)O[C@H](CO)[C@@H](O[C@@H]2O[C@H](CO[C@H]3O[C@H](CO[C@H]4O[C@H](CO)[C@@H](O)[C@H](O)[C@@H]4O[C@H]4O[C@H](CO)[C@@H](O)[C@H](O)[C@@H]4O)[C@@H](O)[C@H](O[C@H]4O[C@H](CO)[C@@H](O)[C@H](O)[C@@H]4O)[C@@H]3O[C@@H]3O[C@@H]([C@H](O)CO)[C@H](O)[C@H]3O)[C@@H](O)[C@H](O[C@H]3O[C@H](CO)[C@@H](O)[C@H](O)[C@@H]3O[C@H]3O[C@H](CO)[C@@H](O)[C@H](O)[C@@H]3O)[C@@H]2O)[C@@H]1O. The molecule has 0 aromatic heterocycles. The summed E-state index contributed by atoms with van der Waals surface area (Å²) >= 11 is 0. The van der Waals surface area contributed by atoms with Gasteiger partial charge in [-0.05, 0) is 0 Å². The Kier molecular flexibility index (Phi) is 34.4. The Labute approximate surface area is 660 Å². The lowest BCUT2D eigenvalue weighted by atomic mass is 9.94. The highest BCUT2D eigenvalue weighted by atomic mass is 16.8. The van der Waals surface area contributed by atoms with Crippen molar-refractivity contribution >= 4 is 11.8 Å². The summed E-state index contributed by atoms with van der Waals surface area (Å²) in [5, 5.41) is 337. The maximum Gasteiger partial charge on any atom is 0.217 e. The third kappa shape index (κ3) is 20.7. The molecule has 0 aromatic carbocycles. The van der Waals surface area contributed by atoms with Crippen molar-refractivity contribution in [2.75, 3.05) is 66.1 Å². The van der Waals surface area contributed by atoms with E-state index in [2.05, 4.69) is 10.6 Å². The smallest absolute Gasteiger partial charge is 0.217 e. The summed E-state index contributed by atoms with van der Waals surface area (Å²) in [6.45, 7) is -9.58. The van der Waals surface area contributed by atoms with E-state index in [1.54, 1.807) is 0 Å². The minimum atomic E-state index is -2.63. The van der Waals surface area contributed by atoms with Crippen molar-refractivity contribution in [1.82, 2.24) is 10.6 Å². The number of nitrogens with one attached hydrogen (secondary N) is 2. The summed E-state index contributed by atoms with van der Waals surface area (Å²) in [6, 6.07) is -3.65. The summed E-state index contributed by atoms with van der Waals surface area (Å²) in [5.74, 6) is -1.78. The zero-order valence-electron chi connectivity index (χ0n) is 61.9. The highest BCUT2D eigenvalue weighted by Gasteiger charge is 2.62. The Bertz CT molecular complexity index is 3050. The van der Waals surface area contributed by atoms with Gasteiger partial charge in [0.05, 0.1) is 66.1 Å². The van der Waals surface area contributed by atoms with Crippen LogP contribution in [0.3, 0.4) is 0 Å². The summed E-state index contributed by atoms with van der Waals surface area (Å²) in [4.78, 5) is 25.2. The number of hydrogen-bond donors (Lipinski definition) is 32. The summed E-state index contributed by atoms with van der Waals surface area (Å²) in [6.07, 6.45) is -105. The van der Waals surface area contributed by atoms with Gasteiger partial charge < -0.3 is 254 Å². The van der Waals surface area contributed by atoms with Gasteiger partial charge in [-0.3, -0.25) is 9.59 Å². The van der Waals surface area contributed by atoms with E-state index in [1.807, 2.05) is 0 Å². The first-order valence-corrected chi connectivity index (χ1v) is 37.2. The van der Waals surface area contributed by atoms with E-state index in [9.17, 15) is 163 Å². The topological polar surface area (TPSA) is 840 Å². The first-order valence-electron chi connectivity index (χ1n) is 37.2. The van der Waals surface area contributed by atoms with Crippen molar-refractivity contribution in [3.8, 4) is 0 Å². The van der Waals surface area contributed by atoms with Gasteiger partial charge in [-0.1, -0.05) is 0 Å². The maximum atomic E-state index is 13.1. The van der Waals surface area contributed by atoms with Crippen LogP contribution in [0.15, 0.2) is 0 Å². The number of aliphatic hydroxyl groups is 30. The van der Waals surface area contributed by atoms with Crippen LogP contribution in [0.4, 0.5) is 0 Å². The van der Waals surface area contributed by atoms with Crippen molar-refractivity contribution in [2.45, 2.75) is 321 Å². The van der Waals surface area contributed by atoms with Gasteiger partial charge in [-0.15, -0.1) is 0 Å². The third-order valence-corrected chi connectivity index (χ3v) is 21.6. The van der Waals surface area contributed by atoms with Gasteiger partial charge >= 0.3 is 0 Å². The molecule has 2 amide bonds. The lowest BCUT2D eigenvalue weighted by molar-refractivity contribution is -0.402. The molecule has 32 N–H and O–H groups in total. The minimum Gasteiger partial charge on any atom is -0.394 e. The molecule has 10 aliphatic heterocycles. The highest BCUT2D eigenvalue weighted by Crippen LogP contribution is 2.41. The van der Waals surface area contributed by atoms with E-state index in [0.717, 1.165) is 13.8 Å².